The van der Waals surface area contributed by atoms with Gasteiger partial charge in [0.05, 0.1) is 13.3 Å². The Morgan fingerprint density at radius 3 is 3.00 bits per heavy atom. The Hall–Kier alpha value is -2.69. The number of pyridine rings is 1. The number of benzene rings is 1. The van der Waals surface area contributed by atoms with E-state index in [2.05, 4.69) is 15.5 Å². The Kier molecular flexibility index (Phi) is 4.23. The molecular formula is C14H13N3O2. The van der Waals surface area contributed by atoms with E-state index >= 15 is 0 Å². The van der Waals surface area contributed by atoms with Crippen molar-refractivity contribution < 1.29 is 9.53 Å². The van der Waals surface area contributed by atoms with Crippen molar-refractivity contribution >= 4 is 12.1 Å². The largest absolute Gasteiger partial charge is 0.497 e. The van der Waals surface area contributed by atoms with Crippen molar-refractivity contribution in [2.45, 2.75) is 0 Å². The lowest BCUT2D eigenvalue weighted by atomic mass is 10.2. The fourth-order valence-corrected chi connectivity index (χ4v) is 1.45. The predicted molar refractivity (Wildman–Crippen MR) is 72.3 cm³/mol. The van der Waals surface area contributed by atoms with Crippen LogP contribution in [-0.2, 0) is 0 Å². The minimum atomic E-state index is -0.293. The predicted octanol–water partition coefficient (Wildman–Crippen LogP) is 1.85. The number of hydrazone groups is 1. The average Bonchev–Trinajstić information content (AvgIpc) is 2.48. The third-order valence-electron chi connectivity index (χ3n) is 2.40. The van der Waals surface area contributed by atoms with E-state index in [1.165, 1.54) is 6.21 Å². The van der Waals surface area contributed by atoms with Gasteiger partial charge in [-0.25, -0.2) is 5.43 Å². The molecule has 0 unspecified atom stereocenters. The van der Waals surface area contributed by atoms with Gasteiger partial charge < -0.3 is 4.74 Å². The smallest absolute Gasteiger partial charge is 0.271 e. The summed E-state index contributed by atoms with van der Waals surface area (Å²) in [5.41, 5.74) is 3.75. The maximum atomic E-state index is 11.8. The van der Waals surface area contributed by atoms with Gasteiger partial charge >= 0.3 is 0 Å². The summed E-state index contributed by atoms with van der Waals surface area (Å²) >= 11 is 0. The highest BCUT2D eigenvalue weighted by atomic mass is 16.5. The van der Waals surface area contributed by atoms with Gasteiger partial charge in [-0.2, -0.15) is 5.10 Å². The first-order chi connectivity index (χ1) is 9.29. The number of rotatable bonds is 4. The van der Waals surface area contributed by atoms with Crippen LogP contribution in [0.2, 0.25) is 0 Å². The molecule has 2 rings (SSSR count). The Morgan fingerprint density at radius 1 is 1.37 bits per heavy atom. The van der Waals surface area contributed by atoms with E-state index in [4.69, 9.17) is 4.74 Å². The van der Waals surface area contributed by atoms with E-state index < -0.39 is 0 Å². The van der Waals surface area contributed by atoms with Gasteiger partial charge in [0.1, 0.15) is 5.75 Å². The van der Waals surface area contributed by atoms with Gasteiger partial charge in [-0.05, 0) is 24.3 Å². The Labute approximate surface area is 110 Å². The minimum Gasteiger partial charge on any atom is -0.497 e. The van der Waals surface area contributed by atoms with E-state index in [1.54, 1.807) is 49.8 Å². The summed E-state index contributed by atoms with van der Waals surface area (Å²) in [4.78, 5) is 15.7. The summed E-state index contributed by atoms with van der Waals surface area (Å²) in [7, 11) is 1.55. The number of amides is 1. The number of nitrogens with zero attached hydrogens (tertiary/aromatic N) is 2. The number of nitrogens with one attached hydrogen (secondary N) is 1. The van der Waals surface area contributed by atoms with Crippen LogP contribution in [0.1, 0.15) is 15.9 Å². The highest BCUT2D eigenvalue weighted by Gasteiger charge is 2.04. The summed E-state index contributed by atoms with van der Waals surface area (Å²) in [6.45, 7) is 0. The van der Waals surface area contributed by atoms with Crippen molar-refractivity contribution in [1.29, 1.82) is 0 Å². The third kappa shape index (κ3) is 3.64. The summed E-state index contributed by atoms with van der Waals surface area (Å²) in [5.74, 6) is 0.336. The van der Waals surface area contributed by atoms with E-state index in [9.17, 15) is 4.79 Å². The Bertz CT molecular complexity index is 582. The van der Waals surface area contributed by atoms with Crippen LogP contribution in [0.15, 0.2) is 53.9 Å². The highest BCUT2D eigenvalue weighted by Crippen LogP contribution is 2.12. The first-order valence-electron chi connectivity index (χ1n) is 5.67. The molecule has 0 aliphatic carbocycles. The number of ether oxygens (including phenoxy) is 1. The molecule has 0 spiro atoms. The molecule has 0 saturated heterocycles. The second-order valence-corrected chi connectivity index (χ2v) is 3.72. The second-order valence-electron chi connectivity index (χ2n) is 3.72. The zero-order chi connectivity index (χ0) is 13.5. The van der Waals surface area contributed by atoms with Gasteiger partial charge in [0.15, 0.2) is 0 Å². The van der Waals surface area contributed by atoms with Gasteiger partial charge in [0.25, 0.3) is 5.91 Å². The van der Waals surface area contributed by atoms with Crippen molar-refractivity contribution in [3.8, 4) is 5.75 Å². The van der Waals surface area contributed by atoms with Crippen LogP contribution in [0.25, 0.3) is 0 Å². The molecule has 2 aromatic rings. The van der Waals surface area contributed by atoms with Gasteiger partial charge in [-0.15, -0.1) is 0 Å². The molecule has 1 N–H and O–H groups in total. The van der Waals surface area contributed by atoms with Crippen LogP contribution < -0.4 is 10.2 Å². The van der Waals surface area contributed by atoms with Gasteiger partial charge in [0, 0.05) is 23.5 Å². The lowest BCUT2D eigenvalue weighted by molar-refractivity contribution is 0.0955. The highest BCUT2D eigenvalue weighted by molar-refractivity contribution is 5.95. The Balaban J connectivity index is 1.99. The van der Waals surface area contributed by atoms with Gasteiger partial charge in [-0.3, -0.25) is 9.78 Å². The van der Waals surface area contributed by atoms with Crippen LogP contribution >= 0.6 is 0 Å². The molecular weight excluding hydrogens is 242 g/mol. The fraction of sp³-hybridized carbons (Fsp3) is 0.0714. The van der Waals surface area contributed by atoms with Gasteiger partial charge in [-0.1, -0.05) is 12.1 Å². The average molecular weight is 255 g/mol. The molecule has 0 aliphatic rings. The van der Waals surface area contributed by atoms with Crippen molar-refractivity contribution in [3.05, 3.63) is 59.9 Å². The molecule has 96 valence electrons. The lowest BCUT2D eigenvalue weighted by Gasteiger charge is -2.02. The first-order valence-corrected chi connectivity index (χ1v) is 5.67. The van der Waals surface area contributed by atoms with Crippen LogP contribution in [0.5, 0.6) is 5.75 Å². The van der Waals surface area contributed by atoms with E-state index in [1.807, 2.05) is 6.07 Å². The fourth-order valence-electron chi connectivity index (χ4n) is 1.45. The molecule has 5 nitrogen and oxygen atoms in total. The van der Waals surface area contributed by atoms with Crippen molar-refractivity contribution in [2.24, 2.45) is 5.10 Å². The van der Waals surface area contributed by atoms with Crippen molar-refractivity contribution in [1.82, 2.24) is 10.4 Å². The number of hydrogen-bond donors (Lipinski definition) is 1. The Morgan fingerprint density at radius 2 is 2.26 bits per heavy atom. The zero-order valence-corrected chi connectivity index (χ0v) is 10.4. The topological polar surface area (TPSA) is 63.6 Å². The molecule has 0 radical (unpaired) electrons. The van der Waals surface area contributed by atoms with Crippen LogP contribution in [0, 0.1) is 0 Å². The van der Waals surface area contributed by atoms with Crippen LogP contribution in [0.3, 0.4) is 0 Å². The molecule has 1 amide bonds. The molecule has 1 heterocycles. The molecule has 0 fully saturated rings. The van der Waals surface area contributed by atoms with Crippen LogP contribution in [-0.4, -0.2) is 24.2 Å². The molecule has 0 aliphatic heterocycles. The lowest BCUT2D eigenvalue weighted by Crippen LogP contribution is -2.17. The molecule has 0 saturated carbocycles. The van der Waals surface area contributed by atoms with Crippen LogP contribution in [0.4, 0.5) is 0 Å². The number of carbonyl (C=O) groups excluding carboxylic acids is 1. The summed E-state index contributed by atoms with van der Waals surface area (Å²) in [5, 5.41) is 3.87. The monoisotopic (exact) mass is 255 g/mol. The SMILES string of the molecule is COc1cccc(C(=O)N/N=C\c2cccnc2)c1. The summed E-state index contributed by atoms with van der Waals surface area (Å²) in [6, 6.07) is 10.5. The van der Waals surface area contributed by atoms with Gasteiger partial charge in [0.2, 0.25) is 0 Å². The van der Waals surface area contributed by atoms with E-state index in [0.717, 1.165) is 5.56 Å². The second kappa shape index (κ2) is 6.30. The quantitative estimate of drug-likeness (QED) is 0.670. The molecule has 0 bridgehead atoms. The standard InChI is InChI=1S/C14H13N3O2/c1-19-13-6-2-5-12(8-13)14(18)17-16-10-11-4-3-7-15-9-11/h2-10H,1H3,(H,17,18)/b16-10-. The van der Waals surface area contributed by atoms with E-state index in [-0.39, 0.29) is 5.91 Å². The van der Waals surface area contributed by atoms with E-state index in [0.29, 0.717) is 11.3 Å². The number of aromatic nitrogens is 1. The maximum Gasteiger partial charge on any atom is 0.271 e. The number of hydrogen-bond acceptors (Lipinski definition) is 4. The summed E-state index contributed by atoms with van der Waals surface area (Å²) < 4.78 is 5.05. The molecule has 19 heavy (non-hydrogen) atoms. The number of methoxy groups -OCH3 is 1. The molecule has 1 aromatic heterocycles. The minimum absolute atomic E-state index is 0.293. The maximum absolute atomic E-state index is 11.8. The number of carbonyl (C=O) groups is 1. The molecule has 1 aromatic carbocycles. The zero-order valence-electron chi connectivity index (χ0n) is 10.4. The van der Waals surface area contributed by atoms with Crippen molar-refractivity contribution in [3.63, 3.8) is 0 Å². The van der Waals surface area contributed by atoms with Crippen molar-refractivity contribution in [2.75, 3.05) is 7.11 Å². The molecule has 0 atom stereocenters. The first kappa shape index (κ1) is 12.8. The third-order valence-corrected chi connectivity index (χ3v) is 2.40. The summed E-state index contributed by atoms with van der Waals surface area (Å²) in [6.07, 6.45) is 4.86. The normalized spacial score (nSPS) is 10.4. The molecule has 5 heteroatoms.